The van der Waals surface area contributed by atoms with Crippen molar-refractivity contribution in [2.45, 2.75) is 13.8 Å². The summed E-state index contributed by atoms with van der Waals surface area (Å²) in [4.78, 5) is 20.8. The van der Waals surface area contributed by atoms with E-state index >= 15 is 0 Å². The van der Waals surface area contributed by atoms with Crippen molar-refractivity contribution in [1.82, 2.24) is 9.97 Å². The summed E-state index contributed by atoms with van der Waals surface area (Å²) in [7, 11) is 3.15. The fourth-order valence-corrected chi connectivity index (χ4v) is 2.58. The first-order chi connectivity index (χ1) is 13.5. The minimum absolute atomic E-state index is 0.263. The second kappa shape index (κ2) is 8.39. The van der Waals surface area contributed by atoms with Crippen molar-refractivity contribution < 1.29 is 14.3 Å². The van der Waals surface area contributed by atoms with Crippen molar-refractivity contribution in [3.05, 3.63) is 65.5 Å². The fraction of sp³-hybridized carbons (Fsp3) is 0.190. The van der Waals surface area contributed by atoms with E-state index in [1.54, 1.807) is 26.4 Å². The number of rotatable bonds is 6. The average molecular weight is 378 g/mol. The van der Waals surface area contributed by atoms with Gasteiger partial charge in [0.2, 0.25) is 5.95 Å². The Morgan fingerprint density at radius 3 is 2.18 bits per heavy atom. The molecule has 0 bridgehead atoms. The van der Waals surface area contributed by atoms with Crippen molar-refractivity contribution >= 4 is 23.2 Å². The molecule has 0 aliphatic rings. The maximum atomic E-state index is 12.4. The van der Waals surface area contributed by atoms with E-state index in [2.05, 4.69) is 20.6 Å². The highest BCUT2D eigenvalue weighted by Crippen LogP contribution is 2.30. The lowest BCUT2D eigenvalue weighted by Gasteiger charge is -2.11. The number of hydrogen-bond acceptors (Lipinski definition) is 6. The Morgan fingerprint density at radius 2 is 1.54 bits per heavy atom. The Morgan fingerprint density at radius 1 is 0.857 bits per heavy atom. The predicted octanol–water partition coefficient (Wildman–Crippen LogP) is 4.11. The Hall–Kier alpha value is -3.61. The molecule has 144 valence electrons. The molecular formula is C21H22N4O3. The molecule has 0 radical (unpaired) electrons. The van der Waals surface area contributed by atoms with Gasteiger partial charge in [0.1, 0.15) is 0 Å². The van der Waals surface area contributed by atoms with Crippen LogP contribution in [0.15, 0.2) is 48.8 Å². The molecule has 0 atom stereocenters. The third-order valence-electron chi connectivity index (χ3n) is 4.32. The number of amides is 1. The molecule has 0 unspecified atom stereocenters. The third kappa shape index (κ3) is 4.37. The van der Waals surface area contributed by atoms with Gasteiger partial charge in [-0.15, -0.1) is 0 Å². The predicted molar refractivity (Wildman–Crippen MR) is 109 cm³/mol. The van der Waals surface area contributed by atoms with Crippen molar-refractivity contribution in [3.8, 4) is 11.5 Å². The van der Waals surface area contributed by atoms with E-state index in [1.807, 2.05) is 38.1 Å². The van der Waals surface area contributed by atoms with Crippen LogP contribution in [0.2, 0.25) is 0 Å². The quantitative estimate of drug-likeness (QED) is 0.671. The van der Waals surface area contributed by atoms with Crippen LogP contribution < -0.4 is 20.1 Å². The molecule has 0 saturated carbocycles. The number of hydrogen-bond donors (Lipinski definition) is 2. The van der Waals surface area contributed by atoms with E-state index < -0.39 is 0 Å². The lowest BCUT2D eigenvalue weighted by Crippen LogP contribution is -2.13. The van der Waals surface area contributed by atoms with Crippen LogP contribution >= 0.6 is 0 Å². The number of ether oxygens (including phenoxy) is 2. The molecule has 0 fully saturated rings. The van der Waals surface area contributed by atoms with E-state index in [-0.39, 0.29) is 5.91 Å². The molecule has 0 saturated heterocycles. The number of carbonyl (C=O) groups excluding carboxylic acids is 1. The minimum Gasteiger partial charge on any atom is -0.493 e. The van der Waals surface area contributed by atoms with Crippen LogP contribution in [-0.4, -0.2) is 30.1 Å². The van der Waals surface area contributed by atoms with Gasteiger partial charge in [0, 0.05) is 29.8 Å². The zero-order valence-corrected chi connectivity index (χ0v) is 16.2. The van der Waals surface area contributed by atoms with E-state index in [1.165, 1.54) is 18.0 Å². The van der Waals surface area contributed by atoms with Crippen LogP contribution in [0.25, 0.3) is 0 Å². The maximum Gasteiger partial charge on any atom is 0.258 e. The molecule has 0 aliphatic carbocycles. The molecule has 1 aromatic heterocycles. The number of aromatic nitrogens is 2. The molecule has 0 spiro atoms. The molecule has 2 aromatic carbocycles. The van der Waals surface area contributed by atoms with Gasteiger partial charge in [-0.2, -0.15) is 0 Å². The Labute approximate surface area is 163 Å². The molecular weight excluding hydrogens is 356 g/mol. The largest absolute Gasteiger partial charge is 0.493 e. The Balaban J connectivity index is 1.69. The summed E-state index contributed by atoms with van der Waals surface area (Å²) in [6.45, 7) is 4.03. The van der Waals surface area contributed by atoms with Gasteiger partial charge in [-0.25, -0.2) is 9.97 Å². The summed E-state index contributed by atoms with van der Waals surface area (Å²) in [5.74, 6) is 1.33. The van der Waals surface area contributed by atoms with Gasteiger partial charge in [-0.1, -0.05) is 6.07 Å². The van der Waals surface area contributed by atoms with Gasteiger partial charge in [0.05, 0.1) is 19.8 Å². The van der Waals surface area contributed by atoms with Crippen LogP contribution in [-0.2, 0) is 0 Å². The summed E-state index contributed by atoms with van der Waals surface area (Å²) in [5.41, 5.74) is 4.14. The summed E-state index contributed by atoms with van der Waals surface area (Å²) in [6.07, 6.45) is 2.96. The molecule has 2 N–H and O–H groups in total. The number of carbonyl (C=O) groups is 1. The maximum absolute atomic E-state index is 12.4. The first-order valence-electron chi connectivity index (χ1n) is 8.70. The van der Waals surface area contributed by atoms with Gasteiger partial charge >= 0.3 is 0 Å². The highest BCUT2D eigenvalue weighted by atomic mass is 16.5. The van der Waals surface area contributed by atoms with Crippen LogP contribution in [0, 0.1) is 13.8 Å². The fourth-order valence-electron chi connectivity index (χ4n) is 2.58. The average Bonchev–Trinajstić information content (AvgIpc) is 2.71. The molecule has 1 amide bonds. The van der Waals surface area contributed by atoms with Crippen LogP contribution in [0.3, 0.4) is 0 Å². The normalized spacial score (nSPS) is 10.3. The van der Waals surface area contributed by atoms with Crippen molar-refractivity contribution in [2.24, 2.45) is 0 Å². The summed E-state index contributed by atoms with van der Waals surface area (Å²) in [6, 6.07) is 11.2. The van der Waals surface area contributed by atoms with Gasteiger partial charge in [-0.3, -0.25) is 4.79 Å². The van der Waals surface area contributed by atoms with Crippen LogP contribution in [0.1, 0.15) is 21.5 Å². The number of anilines is 3. The molecule has 1 heterocycles. The van der Waals surface area contributed by atoms with Gasteiger partial charge in [0.25, 0.3) is 5.91 Å². The van der Waals surface area contributed by atoms with Crippen LogP contribution in [0.5, 0.6) is 11.5 Å². The lowest BCUT2D eigenvalue weighted by atomic mass is 10.1. The molecule has 7 nitrogen and oxygen atoms in total. The van der Waals surface area contributed by atoms with E-state index in [4.69, 9.17) is 9.47 Å². The summed E-state index contributed by atoms with van der Waals surface area (Å²) >= 11 is 0. The molecule has 3 rings (SSSR count). The molecule has 7 heteroatoms. The van der Waals surface area contributed by atoms with Crippen molar-refractivity contribution in [3.63, 3.8) is 0 Å². The van der Waals surface area contributed by atoms with Crippen LogP contribution in [0.4, 0.5) is 17.3 Å². The van der Waals surface area contributed by atoms with Crippen molar-refractivity contribution in [1.29, 1.82) is 0 Å². The minimum atomic E-state index is -0.263. The monoisotopic (exact) mass is 378 g/mol. The zero-order chi connectivity index (χ0) is 20.1. The number of nitrogens with zero attached hydrogens (tertiary/aromatic N) is 2. The topological polar surface area (TPSA) is 85.4 Å². The van der Waals surface area contributed by atoms with E-state index in [9.17, 15) is 4.79 Å². The molecule has 3 aromatic rings. The Kier molecular flexibility index (Phi) is 5.74. The summed E-state index contributed by atoms with van der Waals surface area (Å²) < 4.78 is 10.5. The SMILES string of the molecule is COc1ccc(Nc2ncc(C(=O)Nc3ccc(C)c(C)c3)cn2)cc1OC. The second-order valence-electron chi connectivity index (χ2n) is 6.24. The van der Waals surface area contributed by atoms with E-state index in [0.29, 0.717) is 23.0 Å². The highest BCUT2D eigenvalue weighted by Gasteiger charge is 2.10. The first kappa shape index (κ1) is 19.2. The van der Waals surface area contributed by atoms with Gasteiger partial charge in [0.15, 0.2) is 11.5 Å². The zero-order valence-electron chi connectivity index (χ0n) is 16.2. The standard InChI is InChI=1S/C21H22N4O3/c1-13-5-6-16(9-14(13)2)24-20(26)15-11-22-21(23-12-15)25-17-7-8-18(27-3)19(10-17)28-4/h5-12H,1-4H3,(H,24,26)(H,22,23,25). The molecule has 28 heavy (non-hydrogen) atoms. The summed E-state index contributed by atoms with van der Waals surface area (Å²) in [5, 5.41) is 5.92. The molecule has 0 aliphatic heterocycles. The number of benzene rings is 2. The third-order valence-corrected chi connectivity index (χ3v) is 4.32. The number of aryl methyl sites for hydroxylation is 2. The smallest absolute Gasteiger partial charge is 0.258 e. The highest BCUT2D eigenvalue weighted by molar-refractivity contribution is 6.03. The number of methoxy groups -OCH3 is 2. The Bertz CT molecular complexity index is 987. The second-order valence-corrected chi connectivity index (χ2v) is 6.24. The van der Waals surface area contributed by atoms with Gasteiger partial charge < -0.3 is 20.1 Å². The lowest BCUT2D eigenvalue weighted by molar-refractivity contribution is 0.102. The van der Waals surface area contributed by atoms with E-state index in [0.717, 1.165) is 16.9 Å². The van der Waals surface area contributed by atoms with Crippen molar-refractivity contribution in [2.75, 3.05) is 24.9 Å². The van der Waals surface area contributed by atoms with Gasteiger partial charge in [-0.05, 0) is 49.2 Å². The first-order valence-corrected chi connectivity index (χ1v) is 8.70. The number of nitrogens with one attached hydrogen (secondary N) is 2.